The molecule has 0 fully saturated rings. The molecule has 0 unspecified atom stereocenters. The number of benzene rings is 1. The Kier molecular flexibility index (Phi) is 3.56. The lowest BCUT2D eigenvalue weighted by Crippen LogP contribution is -2.21. The molecule has 0 saturated carbocycles. The summed E-state index contributed by atoms with van der Waals surface area (Å²) in [5.74, 6) is 0.364. The average Bonchev–Trinajstić information content (AvgIpc) is 2.19. The quantitative estimate of drug-likeness (QED) is 0.442. The minimum Gasteiger partial charge on any atom is -0.491 e. The fourth-order valence-corrected chi connectivity index (χ4v) is 1.66. The maximum absolute atomic E-state index is 10.6. The molecule has 1 aromatic rings. The Balaban J connectivity index is 0.00000128. The molecule has 16 heavy (non-hydrogen) atoms. The number of hydrogen-bond donors (Lipinski definition) is 2. The molecule has 1 atom stereocenters. The van der Waals surface area contributed by atoms with Crippen molar-refractivity contribution in [3.63, 3.8) is 0 Å². The third-order valence-corrected chi connectivity index (χ3v) is 2.47. The number of halogens is 1. The van der Waals surface area contributed by atoms with E-state index in [0.717, 1.165) is 5.56 Å². The summed E-state index contributed by atoms with van der Waals surface area (Å²) >= 11 is 0. The number of anilines is 1. The van der Waals surface area contributed by atoms with Gasteiger partial charge in [-0.25, -0.2) is 0 Å². The summed E-state index contributed by atoms with van der Waals surface area (Å²) in [5.41, 5.74) is 12.1. The van der Waals surface area contributed by atoms with Gasteiger partial charge in [-0.1, -0.05) is 0 Å². The molecule has 6 nitrogen and oxygen atoms in total. The van der Waals surface area contributed by atoms with Crippen LogP contribution in [0.15, 0.2) is 12.1 Å². The van der Waals surface area contributed by atoms with Crippen molar-refractivity contribution in [2.75, 3.05) is 12.3 Å². The molecule has 0 amide bonds. The zero-order valence-electron chi connectivity index (χ0n) is 8.38. The highest BCUT2D eigenvalue weighted by atomic mass is 35.5. The van der Waals surface area contributed by atoms with Crippen molar-refractivity contribution in [3.8, 4) is 5.75 Å². The van der Waals surface area contributed by atoms with Crippen LogP contribution in [-0.4, -0.2) is 11.5 Å². The van der Waals surface area contributed by atoms with E-state index in [2.05, 4.69) is 0 Å². The van der Waals surface area contributed by atoms with E-state index in [1.54, 1.807) is 6.07 Å². The first kappa shape index (κ1) is 12.5. The van der Waals surface area contributed by atoms with Crippen molar-refractivity contribution >= 4 is 23.8 Å². The number of nitro benzene ring substituents is 1. The Labute approximate surface area is 98.1 Å². The second-order valence-corrected chi connectivity index (χ2v) is 3.42. The lowest BCUT2D eigenvalue weighted by Gasteiger charge is -2.23. The van der Waals surface area contributed by atoms with E-state index in [1.165, 1.54) is 6.07 Å². The van der Waals surface area contributed by atoms with Crippen LogP contribution in [0.2, 0.25) is 0 Å². The maximum atomic E-state index is 10.6. The van der Waals surface area contributed by atoms with Crippen LogP contribution in [0.1, 0.15) is 18.0 Å². The van der Waals surface area contributed by atoms with Crippen molar-refractivity contribution in [1.82, 2.24) is 0 Å². The smallest absolute Gasteiger partial charge is 0.295 e. The zero-order chi connectivity index (χ0) is 11.0. The molecule has 4 N–H and O–H groups in total. The van der Waals surface area contributed by atoms with Gasteiger partial charge in [0.25, 0.3) is 5.69 Å². The average molecular weight is 246 g/mol. The van der Waals surface area contributed by atoms with Crippen LogP contribution in [-0.2, 0) is 0 Å². The standard InChI is InChI=1S/C9H11N3O3.ClH/c10-6-3-4-15-9-5(6)1-2-7(8(9)11)12(13)14;/h1-2,6H,3-4,10-11H2;1H/t6-;/m1./s1. The second-order valence-electron chi connectivity index (χ2n) is 3.42. The van der Waals surface area contributed by atoms with E-state index in [9.17, 15) is 10.1 Å². The Morgan fingerprint density at radius 3 is 2.81 bits per heavy atom. The van der Waals surface area contributed by atoms with Gasteiger partial charge in [0, 0.05) is 24.1 Å². The molecule has 0 radical (unpaired) electrons. The van der Waals surface area contributed by atoms with Crippen molar-refractivity contribution in [2.45, 2.75) is 12.5 Å². The number of nitrogens with zero attached hydrogens (tertiary/aromatic N) is 1. The van der Waals surface area contributed by atoms with Crippen LogP contribution in [0.3, 0.4) is 0 Å². The molecule has 1 aliphatic rings. The van der Waals surface area contributed by atoms with Crippen LogP contribution in [0.4, 0.5) is 11.4 Å². The molecule has 1 aromatic carbocycles. The van der Waals surface area contributed by atoms with Crippen molar-refractivity contribution < 1.29 is 9.66 Å². The first-order chi connectivity index (χ1) is 7.11. The topological polar surface area (TPSA) is 104 Å². The van der Waals surface area contributed by atoms with E-state index >= 15 is 0 Å². The van der Waals surface area contributed by atoms with Crippen LogP contribution in [0, 0.1) is 10.1 Å². The molecule has 0 saturated heterocycles. The van der Waals surface area contributed by atoms with Gasteiger partial charge in [0.1, 0.15) is 0 Å². The number of fused-ring (bicyclic) bond motifs is 1. The summed E-state index contributed by atoms with van der Waals surface area (Å²) in [6.45, 7) is 0.444. The van der Waals surface area contributed by atoms with Crippen molar-refractivity contribution in [1.29, 1.82) is 0 Å². The monoisotopic (exact) mass is 245 g/mol. The van der Waals surface area contributed by atoms with Gasteiger partial charge in [-0.2, -0.15) is 0 Å². The number of ether oxygens (including phenoxy) is 1. The fourth-order valence-electron chi connectivity index (χ4n) is 1.66. The van der Waals surface area contributed by atoms with Crippen molar-refractivity contribution in [2.24, 2.45) is 5.73 Å². The fraction of sp³-hybridized carbons (Fsp3) is 0.333. The minimum absolute atomic E-state index is 0. The summed E-state index contributed by atoms with van der Waals surface area (Å²) in [7, 11) is 0. The molecule has 0 aromatic heterocycles. The number of nitro groups is 1. The maximum Gasteiger partial charge on any atom is 0.295 e. The van der Waals surface area contributed by atoms with E-state index in [0.29, 0.717) is 18.8 Å². The molecule has 1 heterocycles. The molecule has 1 aliphatic heterocycles. The Hall–Kier alpha value is -1.53. The molecular formula is C9H12ClN3O3. The number of nitrogen functional groups attached to an aromatic ring is 1. The summed E-state index contributed by atoms with van der Waals surface area (Å²) in [6, 6.07) is 2.81. The molecule has 2 rings (SSSR count). The predicted octanol–water partition coefficient (Wildman–Crippen LogP) is 1.38. The molecule has 7 heteroatoms. The Morgan fingerprint density at radius 2 is 2.19 bits per heavy atom. The third-order valence-electron chi connectivity index (χ3n) is 2.47. The van der Waals surface area contributed by atoms with Gasteiger partial charge in [-0.05, 0) is 6.07 Å². The summed E-state index contributed by atoms with van der Waals surface area (Å²) in [6.07, 6.45) is 0.699. The number of hydrogen-bond acceptors (Lipinski definition) is 5. The van der Waals surface area contributed by atoms with Gasteiger partial charge in [0.2, 0.25) is 0 Å². The highest BCUT2D eigenvalue weighted by Gasteiger charge is 2.25. The van der Waals surface area contributed by atoms with E-state index in [4.69, 9.17) is 16.2 Å². The van der Waals surface area contributed by atoms with Crippen LogP contribution in [0.5, 0.6) is 5.75 Å². The molecule has 0 bridgehead atoms. The Bertz CT molecular complexity index is 425. The molecule has 0 aliphatic carbocycles. The lowest BCUT2D eigenvalue weighted by atomic mass is 10.00. The van der Waals surface area contributed by atoms with Gasteiger partial charge in [0.15, 0.2) is 11.4 Å². The highest BCUT2D eigenvalue weighted by molar-refractivity contribution is 5.85. The minimum atomic E-state index is -0.529. The first-order valence-corrected chi connectivity index (χ1v) is 4.56. The van der Waals surface area contributed by atoms with Gasteiger partial charge < -0.3 is 16.2 Å². The zero-order valence-corrected chi connectivity index (χ0v) is 9.20. The summed E-state index contributed by atoms with van der Waals surface area (Å²) in [5, 5.41) is 10.6. The molecule has 0 spiro atoms. The van der Waals surface area contributed by atoms with Gasteiger partial charge in [0.05, 0.1) is 11.5 Å². The van der Waals surface area contributed by atoms with E-state index in [1.807, 2.05) is 0 Å². The third kappa shape index (κ3) is 1.89. The van der Waals surface area contributed by atoms with Gasteiger partial charge in [-0.15, -0.1) is 12.4 Å². The van der Waals surface area contributed by atoms with Gasteiger partial charge in [-0.3, -0.25) is 10.1 Å². The Morgan fingerprint density at radius 1 is 1.50 bits per heavy atom. The lowest BCUT2D eigenvalue weighted by molar-refractivity contribution is -0.384. The highest BCUT2D eigenvalue weighted by Crippen LogP contribution is 2.40. The van der Waals surface area contributed by atoms with Crippen LogP contribution in [0.25, 0.3) is 0 Å². The summed E-state index contributed by atoms with van der Waals surface area (Å²) < 4.78 is 5.31. The first-order valence-electron chi connectivity index (χ1n) is 4.56. The number of nitrogens with two attached hydrogens (primary N) is 2. The number of rotatable bonds is 1. The van der Waals surface area contributed by atoms with E-state index < -0.39 is 4.92 Å². The largest absolute Gasteiger partial charge is 0.491 e. The van der Waals surface area contributed by atoms with Crippen LogP contribution >= 0.6 is 12.4 Å². The SMILES string of the molecule is Cl.Nc1c([N+](=O)[O-])ccc2c1OCC[C@H]2N. The summed E-state index contributed by atoms with van der Waals surface area (Å²) in [4.78, 5) is 10.1. The molecular weight excluding hydrogens is 234 g/mol. The second kappa shape index (κ2) is 4.54. The van der Waals surface area contributed by atoms with Gasteiger partial charge >= 0.3 is 0 Å². The molecule has 88 valence electrons. The predicted molar refractivity (Wildman–Crippen MR) is 61.8 cm³/mol. The normalized spacial score (nSPS) is 17.9. The van der Waals surface area contributed by atoms with E-state index in [-0.39, 0.29) is 29.8 Å². The van der Waals surface area contributed by atoms with Crippen LogP contribution < -0.4 is 16.2 Å². The van der Waals surface area contributed by atoms with Crippen molar-refractivity contribution in [3.05, 3.63) is 27.8 Å².